The molecule has 2 aromatic rings. The number of para-hydroxylation sites is 1. The first-order valence-electron chi connectivity index (χ1n) is 7.68. The van der Waals surface area contributed by atoms with E-state index in [-0.39, 0.29) is 23.8 Å². The van der Waals surface area contributed by atoms with Crippen molar-refractivity contribution in [1.82, 2.24) is 9.97 Å². The van der Waals surface area contributed by atoms with Gasteiger partial charge in [-0.2, -0.15) is 0 Å². The third-order valence-electron chi connectivity index (χ3n) is 3.41. The van der Waals surface area contributed by atoms with Crippen molar-refractivity contribution in [2.24, 2.45) is 0 Å². The van der Waals surface area contributed by atoms with Gasteiger partial charge in [-0.25, -0.2) is 9.78 Å². The highest BCUT2D eigenvalue weighted by Crippen LogP contribution is 2.18. The summed E-state index contributed by atoms with van der Waals surface area (Å²) in [6.45, 7) is 5.40. The molecule has 1 amide bonds. The molecule has 2 N–H and O–H groups in total. The van der Waals surface area contributed by atoms with Gasteiger partial charge in [0.2, 0.25) is 5.91 Å². The number of amides is 1. The molecule has 1 heterocycles. The Morgan fingerprint density at radius 3 is 2.68 bits per heavy atom. The van der Waals surface area contributed by atoms with E-state index in [4.69, 9.17) is 4.74 Å². The fourth-order valence-electron chi connectivity index (χ4n) is 1.99. The van der Waals surface area contributed by atoms with E-state index in [1.165, 1.54) is 0 Å². The minimum absolute atomic E-state index is 0.0442. The number of aromatic amines is 1. The highest BCUT2D eigenvalue weighted by Gasteiger charge is 2.14. The van der Waals surface area contributed by atoms with Crippen LogP contribution in [0.2, 0.25) is 0 Å². The lowest BCUT2D eigenvalue weighted by Gasteiger charge is -2.10. The molecule has 2 rings (SSSR count). The molecule has 25 heavy (non-hydrogen) atoms. The van der Waals surface area contributed by atoms with Gasteiger partial charge in [0.15, 0.2) is 5.16 Å². The standard InChI is InChI=1S/C17H19N3O4S/c1-4-24-16(23)12-7-5-6-8-13(12)19-14(21)9-25-17-18-11(3)10(2)15(22)20-17/h5-8H,4,9H2,1-3H3,(H,19,21)(H,18,20,22). The molecule has 0 aliphatic carbocycles. The third kappa shape index (κ3) is 4.93. The summed E-state index contributed by atoms with van der Waals surface area (Å²) in [6, 6.07) is 6.63. The lowest BCUT2D eigenvalue weighted by atomic mass is 10.2. The number of aromatic nitrogens is 2. The van der Waals surface area contributed by atoms with Crippen LogP contribution in [0.3, 0.4) is 0 Å². The quantitative estimate of drug-likeness (QED) is 0.465. The van der Waals surface area contributed by atoms with E-state index in [1.54, 1.807) is 45.0 Å². The normalized spacial score (nSPS) is 10.4. The SMILES string of the molecule is CCOC(=O)c1ccccc1NC(=O)CSc1nc(C)c(C)c(=O)[nH]1. The van der Waals surface area contributed by atoms with Crippen molar-refractivity contribution in [2.45, 2.75) is 25.9 Å². The summed E-state index contributed by atoms with van der Waals surface area (Å²) >= 11 is 1.11. The van der Waals surface area contributed by atoms with Crippen LogP contribution in [0.5, 0.6) is 0 Å². The summed E-state index contributed by atoms with van der Waals surface area (Å²) < 4.78 is 4.97. The van der Waals surface area contributed by atoms with Crippen LogP contribution in [0.4, 0.5) is 5.69 Å². The van der Waals surface area contributed by atoms with Gasteiger partial charge in [-0.15, -0.1) is 0 Å². The monoisotopic (exact) mass is 361 g/mol. The van der Waals surface area contributed by atoms with Gasteiger partial charge in [0.05, 0.1) is 23.6 Å². The second kappa shape index (κ2) is 8.48. The number of anilines is 1. The lowest BCUT2D eigenvalue weighted by molar-refractivity contribution is -0.113. The summed E-state index contributed by atoms with van der Waals surface area (Å²) in [5.74, 6) is -0.767. The van der Waals surface area contributed by atoms with Crippen molar-refractivity contribution >= 4 is 29.3 Å². The van der Waals surface area contributed by atoms with E-state index < -0.39 is 5.97 Å². The molecule has 7 nitrogen and oxygen atoms in total. The van der Waals surface area contributed by atoms with E-state index in [2.05, 4.69) is 15.3 Å². The Hall–Kier alpha value is -2.61. The predicted molar refractivity (Wildman–Crippen MR) is 96.1 cm³/mol. The Labute approximate surface area is 149 Å². The van der Waals surface area contributed by atoms with Gasteiger partial charge in [-0.05, 0) is 32.9 Å². The van der Waals surface area contributed by atoms with Crippen LogP contribution in [-0.2, 0) is 9.53 Å². The summed E-state index contributed by atoms with van der Waals surface area (Å²) in [5.41, 5.74) is 1.63. The van der Waals surface area contributed by atoms with Crippen LogP contribution < -0.4 is 10.9 Å². The lowest BCUT2D eigenvalue weighted by Crippen LogP contribution is -2.19. The number of carbonyl (C=O) groups is 2. The fourth-order valence-corrected chi connectivity index (χ4v) is 2.69. The molecule has 0 radical (unpaired) electrons. The molecule has 0 saturated carbocycles. The van der Waals surface area contributed by atoms with Gasteiger partial charge in [-0.3, -0.25) is 9.59 Å². The number of nitrogens with one attached hydrogen (secondary N) is 2. The first kappa shape index (κ1) is 18.7. The van der Waals surface area contributed by atoms with Gasteiger partial charge >= 0.3 is 5.97 Å². The molecule has 0 unspecified atom stereocenters. The molecule has 132 valence electrons. The fraction of sp³-hybridized carbons (Fsp3) is 0.294. The van der Waals surface area contributed by atoms with E-state index in [0.29, 0.717) is 27.7 Å². The zero-order valence-electron chi connectivity index (χ0n) is 14.2. The average Bonchev–Trinajstić information content (AvgIpc) is 2.58. The van der Waals surface area contributed by atoms with Gasteiger partial charge in [0.25, 0.3) is 5.56 Å². The van der Waals surface area contributed by atoms with E-state index in [0.717, 1.165) is 11.8 Å². The summed E-state index contributed by atoms with van der Waals surface area (Å²) in [5, 5.41) is 3.06. The zero-order valence-corrected chi connectivity index (χ0v) is 15.0. The first-order chi connectivity index (χ1) is 11.9. The molecular weight excluding hydrogens is 342 g/mol. The summed E-state index contributed by atoms with van der Waals surface area (Å²) in [4.78, 5) is 42.6. The zero-order chi connectivity index (χ0) is 18.4. The Bertz CT molecular complexity index is 848. The third-order valence-corrected chi connectivity index (χ3v) is 4.28. The summed E-state index contributed by atoms with van der Waals surface area (Å²) in [7, 11) is 0. The number of benzene rings is 1. The van der Waals surface area contributed by atoms with Gasteiger partial charge in [-0.1, -0.05) is 23.9 Å². The van der Waals surface area contributed by atoms with E-state index >= 15 is 0 Å². The molecule has 0 spiro atoms. The minimum Gasteiger partial charge on any atom is -0.462 e. The summed E-state index contributed by atoms with van der Waals surface area (Å²) in [6.07, 6.45) is 0. The topological polar surface area (TPSA) is 101 Å². The van der Waals surface area contributed by atoms with Crippen molar-refractivity contribution in [1.29, 1.82) is 0 Å². The highest BCUT2D eigenvalue weighted by atomic mass is 32.2. The number of esters is 1. The maximum atomic E-state index is 12.2. The molecule has 0 bridgehead atoms. The Kier molecular flexibility index (Phi) is 6.35. The maximum absolute atomic E-state index is 12.2. The number of hydrogen-bond acceptors (Lipinski definition) is 6. The molecule has 1 aromatic carbocycles. The molecule has 0 atom stereocenters. The largest absolute Gasteiger partial charge is 0.462 e. The first-order valence-corrected chi connectivity index (χ1v) is 8.67. The van der Waals surface area contributed by atoms with Gasteiger partial charge in [0.1, 0.15) is 0 Å². The van der Waals surface area contributed by atoms with Crippen LogP contribution in [0.25, 0.3) is 0 Å². The van der Waals surface area contributed by atoms with Crippen LogP contribution in [-0.4, -0.2) is 34.2 Å². The Balaban J connectivity index is 2.04. The van der Waals surface area contributed by atoms with Crippen LogP contribution >= 0.6 is 11.8 Å². The van der Waals surface area contributed by atoms with Crippen molar-refractivity contribution < 1.29 is 14.3 Å². The van der Waals surface area contributed by atoms with Crippen molar-refractivity contribution in [3.05, 3.63) is 51.4 Å². The second-order valence-corrected chi connectivity index (χ2v) is 6.15. The molecular formula is C17H19N3O4S. The molecule has 0 fully saturated rings. The Morgan fingerprint density at radius 1 is 1.28 bits per heavy atom. The van der Waals surface area contributed by atoms with Crippen LogP contribution in [0.1, 0.15) is 28.5 Å². The van der Waals surface area contributed by atoms with Crippen LogP contribution in [0.15, 0.2) is 34.2 Å². The average molecular weight is 361 g/mol. The van der Waals surface area contributed by atoms with E-state index in [9.17, 15) is 14.4 Å². The molecule has 0 saturated heterocycles. The predicted octanol–water partition coefficient (Wildman–Crippen LogP) is 2.29. The highest BCUT2D eigenvalue weighted by molar-refractivity contribution is 7.99. The second-order valence-electron chi connectivity index (χ2n) is 5.18. The number of H-pyrrole nitrogens is 1. The number of hydrogen-bond donors (Lipinski definition) is 2. The minimum atomic E-state index is -0.494. The van der Waals surface area contributed by atoms with E-state index in [1.807, 2.05) is 0 Å². The number of thioether (sulfide) groups is 1. The Morgan fingerprint density at radius 2 is 2.00 bits per heavy atom. The number of carbonyl (C=O) groups excluding carboxylic acids is 2. The number of nitrogens with zero attached hydrogens (tertiary/aromatic N) is 1. The number of aryl methyl sites for hydroxylation is 1. The molecule has 8 heteroatoms. The van der Waals surface area contributed by atoms with Gasteiger partial charge < -0.3 is 15.0 Å². The molecule has 0 aliphatic heterocycles. The smallest absolute Gasteiger partial charge is 0.340 e. The molecule has 0 aliphatic rings. The van der Waals surface area contributed by atoms with Crippen molar-refractivity contribution in [3.8, 4) is 0 Å². The number of rotatable bonds is 6. The maximum Gasteiger partial charge on any atom is 0.340 e. The molecule has 1 aromatic heterocycles. The van der Waals surface area contributed by atoms with Gasteiger partial charge in [0, 0.05) is 11.3 Å². The van der Waals surface area contributed by atoms with Crippen LogP contribution in [0, 0.1) is 13.8 Å². The van der Waals surface area contributed by atoms with Crippen molar-refractivity contribution in [2.75, 3.05) is 17.7 Å². The van der Waals surface area contributed by atoms with Crippen molar-refractivity contribution in [3.63, 3.8) is 0 Å². The number of ether oxygens (including phenoxy) is 1.